The molecule has 1 saturated heterocycles. The van der Waals surface area contributed by atoms with Crippen LogP contribution in [0.3, 0.4) is 0 Å². The summed E-state index contributed by atoms with van der Waals surface area (Å²) >= 11 is 0. The molecule has 3 aromatic rings. The van der Waals surface area contributed by atoms with Gasteiger partial charge in [-0.2, -0.15) is 13.2 Å². The fourth-order valence-corrected chi connectivity index (χ4v) is 4.43. The van der Waals surface area contributed by atoms with Crippen molar-refractivity contribution in [3.05, 3.63) is 71.4 Å². The van der Waals surface area contributed by atoms with Crippen LogP contribution in [-0.2, 0) is 12.6 Å². The van der Waals surface area contributed by atoms with E-state index in [1.165, 1.54) is 30.5 Å². The molecule has 1 aliphatic heterocycles. The lowest BCUT2D eigenvalue weighted by Crippen LogP contribution is -2.33. The van der Waals surface area contributed by atoms with Crippen LogP contribution >= 0.6 is 0 Å². The molecule has 4 rings (SSSR count). The molecule has 0 atom stereocenters. The van der Waals surface area contributed by atoms with Crippen molar-refractivity contribution in [3.63, 3.8) is 0 Å². The zero-order valence-electron chi connectivity index (χ0n) is 16.5. The highest BCUT2D eigenvalue weighted by atomic mass is 19.4. The normalized spacial score (nSPS) is 16.5. The van der Waals surface area contributed by atoms with E-state index in [0.29, 0.717) is 11.3 Å². The van der Waals surface area contributed by atoms with Gasteiger partial charge in [0.05, 0.1) is 5.56 Å². The van der Waals surface area contributed by atoms with Crippen LogP contribution in [0.1, 0.15) is 48.3 Å². The van der Waals surface area contributed by atoms with Crippen molar-refractivity contribution in [1.29, 1.82) is 0 Å². The van der Waals surface area contributed by atoms with Crippen LogP contribution in [0.4, 0.5) is 13.2 Å². The van der Waals surface area contributed by atoms with Crippen LogP contribution < -0.4 is 0 Å². The molecular weight excluding hydrogens is 373 g/mol. The number of aromatic amines is 1. The van der Waals surface area contributed by atoms with Gasteiger partial charge >= 0.3 is 6.18 Å². The van der Waals surface area contributed by atoms with Gasteiger partial charge in [0.15, 0.2) is 0 Å². The lowest BCUT2D eigenvalue weighted by Gasteiger charge is -2.32. The molecule has 1 aliphatic rings. The Balaban J connectivity index is 1.25. The van der Waals surface area contributed by atoms with Crippen LogP contribution in [-0.4, -0.2) is 29.5 Å². The number of H-pyrrole nitrogens is 1. The van der Waals surface area contributed by atoms with E-state index >= 15 is 0 Å². The zero-order chi connectivity index (χ0) is 20.3. The molecule has 1 N–H and O–H groups in total. The minimum atomic E-state index is -4.30. The SMILES string of the molecule is FC(F)(F)c1ccc2[nH]cc(CCCCN3CCC(c4ccccc4)CC3)c2c1. The molecule has 5 heteroatoms. The minimum Gasteiger partial charge on any atom is -0.361 e. The fourth-order valence-electron chi connectivity index (χ4n) is 4.43. The second-order valence-corrected chi connectivity index (χ2v) is 8.06. The number of unbranched alkanes of at least 4 members (excludes halogenated alkanes) is 1. The number of piperidine rings is 1. The summed E-state index contributed by atoms with van der Waals surface area (Å²) in [6, 6.07) is 14.7. The van der Waals surface area contributed by atoms with Gasteiger partial charge in [-0.1, -0.05) is 30.3 Å². The molecule has 154 valence electrons. The van der Waals surface area contributed by atoms with Crippen LogP contribution in [0.2, 0.25) is 0 Å². The van der Waals surface area contributed by atoms with E-state index in [-0.39, 0.29) is 0 Å². The lowest BCUT2D eigenvalue weighted by molar-refractivity contribution is -0.137. The van der Waals surface area contributed by atoms with Gasteiger partial charge in [-0.25, -0.2) is 0 Å². The predicted molar refractivity (Wildman–Crippen MR) is 111 cm³/mol. The van der Waals surface area contributed by atoms with Crippen molar-refractivity contribution >= 4 is 10.9 Å². The van der Waals surface area contributed by atoms with Crippen LogP contribution in [0.25, 0.3) is 10.9 Å². The van der Waals surface area contributed by atoms with Crippen molar-refractivity contribution in [2.75, 3.05) is 19.6 Å². The Kier molecular flexibility index (Phi) is 5.95. The number of hydrogen-bond donors (Lipinski definition) is 1. The van der Waals surface area contributed by atoms with Crippen molar-refractivity contribution in [3.8, 4) is 0 Å². The second-order valence-electron chi connectivity index (χ2n) is 8.06. The Hall–Kier alpha value is -2.27. The average Bonchev–Trinajstić information content (AvgIpc) is 3.14. The Morgan fingerprint density at radius 2 is 1.72 bits per heavy atom. The molecule has 29 heavy (non-hydrogen) atoms. The molecule has 2 nitrogen and oxygen atoms in total. The number of rotatable bonds is 6. The summed E-state index contributed by atoms with van der Waals surface area (Å²) in [6.07, 6.45) is 2.83. The zero-order valence-corrected chi connectivity index (χ0v) is 16.5. The Labute approximate surface area is 169 Å². The highest BCUT2D eigenvalue weighted by molar-refractivity contribution is 5.84. The topological polar surface area (TPSA) is 19.0 Å². The third-order valence-electron chi connectivity index (χ3n) is 6.12. The molecule has 1 aromatic heterocycles. The van der Waals surface area contributed by atoms with Gasteiger partial charge in [0, 0.05) is 17.1 Å². The van der Waals surface area contributed by atoms with E-state index in [2.05, 4.69) is 40.2 Å². The van der Waals surface area contributed by atoms with Gasteiger partial charge in [0.25, 0.3) is 0 Å². The summed E-state index contributed by atoms with van der Waals surface area (Å²) in [6.45, 7) is 3.32. The van der Waals surface area contributed by atoms with Crippen molar-refractivity contribution < 1.29 is 13.2 Å². The van der Waals surface area contributed by atoms with E-state index < -0.39 is 11.7 Å². The molecule has 0 spiro atoms. The van der Waals surface area contributed by atoms with Crippen molar-refractivity contribution in [1.82, 2.24) is 9.88 Å². The largest absolute Gasteiger partial charge is 0.416 e. The van der Waals surface area contributed by atoms with Gasteiger partial charge in [-0.15, -0.1) is 0 Å². The number of benzene rings is 2. The standard InChI is InChI=1S/C24H27F3N2/c25-24(26,27)21-9-10-23-22(16-21)20(17-28-23)8-4-5-13-29-14-11-19(12-15-29)18-6-2-1-3-7-18/h1-3,6-7,9-10,16-17,19,28H,4-5,8,11-15H2. The third kappa shape index (κ3) is 4.84. The molecule has 0 unspecified atom stereocenters. The average molecular weight is 400 g/mol. The summed E-state index contributed by atoms with van der Waals surface area (Å²) in [5, 5.41) is 0.698. The van der Waals surface area contributed by atoms with Gasteiger partial charge in [-0.3, -0.25) is 0 Å². The minimum absolute atomic E-state index is 0.577. The van der Waals surface area contributed by atoms with Crippen molar-refractivity contribution in [2.45, 2.75) is 44.2 Å². The number of nitrogens with one attached hydrogen (secondary N) is 1. The maximum Gasteiger partial charge on any atom is 0.416 e. The second kappa shape index (κ2) is 8.62. The van der Waals surface area contributed by atoms with Gasteiger partial charge in [0.2, 0.25) is 0 Å². The Bertz CT molecular complexity index is 922. The number of hydrogen-bond acceptors (Lipinski definition) is 1. The molecule has 2 heterocycles. The van der Waals surface area contributed by atoms with E-state index in [1.807, 2.05) is 6.20 Å². The number of fused-ring (bicyclic) bond motifs is 1. The molecule has 2 aromatic carbocycles. The summed E-state index contributed by atoms with van der Waals surface area (Å²) in [5.74, 6) is 0.668. The summed E-state index contributed by atoms with van der Waals surface area (Å²) in [4.78, 5) is 5.62. The fraction of sp³-hybridized carbons (Fsp3) is 0.417. The Morgan fingerprint density at radius 3 is 2.45 bits per heavy atom. The number of alkyl halides is 3. The van der Waals surface area contributed by atoms with E-state index in [0.717, 1.165) is 56.0 Å². The molecule has 0 saturated carbocycles. The molecule has 0 bridgehead atoms. The summed E-state index contributed by atoms with van der Waals surface area (Å²) < 4.78 is 39.0. The van der Waals surface area contributed by atoms with Crippen LogP contribution in [0.5, 0.6) is 0 Å². The van der Waals surface area contributed by atoms with E-state index in [1.54, 1.807) is 0 Å². The third-order valence-corrected chi connectivity index (χ3v) is 6.12. The highest BCUT2D eigenvalue weighted by Gasteiger charge is 2.30. The van der Waals surface area contributed by atoms with Crippen molar-refractivity contribution in [2.24, 2.45) is 0 Å². The first-order chi connectivity index (χ1) is 14.0. The first-order valence-electron chi connectivity index (χ1n) is 10.5. The van der Waals surface area contributed by atoms with E-state index in [4.69, 9.17) is 0 Å². The van der Waals surface area contributed by atoms with Crippen LogP contribution in [0, 0.1) is 0 Å². The molecule has 0 aliphatic carbocycles. The van der Waals surface area contributed by atoms with Gasteiger partial charge in [-0.05, 0) is 87.0 Å². The quantitative estimate of drug-likeness (QED) is 0.475. The number of aromatic nitrogens is 1. The van der Waals surface area contributed by atoms with Gasteiger partial charge < -0.3 is 9.88 Å². The number of halogens is 3. The molecule has 0 amide bonds. The Morgan fingerprint density at radius 1 is 0.966 bits per heavy atom. The smallest absolute Gasteiger partial charge is 0.361 e. The monoisotopic (exact) mass is 400 g/mol. The maximum atomic E-state index is 13.0. The molecule has 0 radical (unpaired) electrons. The summed E-state index contributed by atoms with van der Waals surface area (Å²) in [5.41, 5.74) is 2.63. The molecular formula is C24H27F3N2. The first kappa shape index (κ1) is 20.0. The number of nitrogens with zero attached hydrogens (tertiary/aromatic N) is 1. The predicted octanol–water partition coefficient (Wildman–Crippen LogP) is 6.39. The number of aryl methyl sites for hydroxylation is 1. The summed E-state index contributed by atoms with van der Waals surface area (Å²) in [7, 11) is 0. The first-order valence-corrected chi connectivity index (χ1v) is 10.5. The highest BCUT2D eigenvalue weighted by Crippen LogP contribution is 2.32. The lowest BCUT2D eigenvalue weighted by atomic mass is 9.89. The van der Waals surface area contributed by atoms with Crippen LogP contribution in [0.15, 0.2) is 54.7 Å². The number of likely N-dealkylation sites (tertiary alicyclic amines) is 1. The van der Waals surface area contributed by atoms with E-state index in [9.17, 15) is 13.2 Å². The molecule has 1 fully saturated rings. The maximum absolute atomic E-state index is 13.0. The van der Waals surface area contributed by atoms with Gasteiger partial charge in [0.1, 0.15) is 0 Å².